The summed E-state index contributed by atoms with van der Waals surface area (Å²) in [6.45, 7) is 0. The van der Waals surface area contributed by atoms with Crippen LogP contribution in [0.2, 0.25) is 0 Å². The molecule has 0 aliphatic heterocycles. The molecule has 0 fully saturated rings. The van der Waals surface area contributed by atoms with Gasteiger partial charge in [-0.05, 0) is 11.6 Å². The second-order valence-electron chi connectivity index (χ2n) is 3.97. The number of aromatic nitrogens is 3. The minimum atomic E-state index is -4.40. The first-order valence-electron chi connectivity index (χ1n) is 5.44. The maximum atomic E-state index is 11.6. The average Bonchev–Trinajstić information content (AvgIpc) is 2.85. The van der Waals surface area contributed by atoms with E-state index in [1.165, 1.54) is 0 Å². The summed E-state index contributed by atoms with van der Waals surface area (Å²) in [4.78, 5) is -0.232. The number of aromatic amines is 1. The Bertz CT molecular complexity index is 847. The molecule has 106 valence electrons. The van der Waals surface area contributed by atoms with Gasteiger partial charge in [-0.1, -0.05) is 36.4 Å². The van der Waals surface area contributed by atoms with E-state index in [-0.39, 0.29) is 32.8 Å². The molecule has 0 aliphatic rings. The molecule has 0 spiro atoms. The largest absolute Gasteiger partial charge is 1.00 e. The topological polar surface area (TPSA) is 95.9 Å². The number of hydrogen-bond donors (Lipinski definition) is 2. The van der Waals surface area contributed by atoms with Crippen LogP contribution in [0.4, 0.5) is 0 Å². The Balaban J connectivity index is 0.00000147. The van der Waals surface area contributed by atoms with Crippen molar-refractivity contribution in [1.82, 2.24) is 15.4 Å². The van der Waals surface area contributed by atoms with Gasteiger partial charge in [0, 0.05) is 5.56 Å². The Morgan fingerprint density at radius 3 is 2.35 bits per heavy atom. The third kappa shape index (κ3) is 2.54. The van der Waals surface area contributed by atoms with E-state index in [4.69, 9.17) is 0 Å². The van der Waals surface area contributed by atoms with Crippen molar-refractivity contribution in [3.8, 4) is 11.1 Å². The first-order chi connectivity index (χ1) is 9.07. The van der Waals surface area contributed by atoms with Crippen molar-refractivity contribution in [2.75, 3.05) is 0 Å². The molecule has 3 rings (SSSR count). The van der Waals surface area contributed by atoms with Gasteiger partial charge in [-0.15, -0.1) is 0 Å². The van der Waals surface area contributed by atoms with Crippen molar-refractivity contribution in [1.29, 1.82) is 0 Å². The van der Waals surface area contributed by atoms with Gasteiger partial charge < -0.3 is 0 Å². The van der Waals surface area contributed by atoms with E-state index in [1.54, 1.807) is 36.4 Å². The van der Waals surface area contributed by atoms with Gasteiger partial charge in [0.05, 0.1) is 0 Å². The van der Waals surface area contributed by atoms with Gasteiger partial charge in [0.2, 0.25) is 0 Å². The molecule has 8 heteroatoms. The van der Waals surface area contributed by atoms with Crippen LogP contribution < -0.4 is 0 Å². The number of nitrogens with one attached hydrogen (secondary N) is 1. The molecule has 0 saturated heterocycles. The summed E-state index contributed by atoms with van der Waals surface area (Å²) in [5, 5.41) is 9.97. The summed E-state index contributed by atoms with van der Waals surface area (Å²) in [5.41, 5.74) is 1.58. The molecule has 0 aliphatic carbocycles. The predicted octanol–water partition coefficient (Wildman–Crippen LogP) is 1.87. The van der Waals surface area contributed by atoms with Crippen molar-refractivity contribution >= 4 is 21.2 Å². The smallest absolute Gasteiger partial charge is 0.282 e. The maximum absolute atomic E-state index is 11.6. The summed E-state index contributed by atoms with van der Waals surface area (Å²) >= 11 is 0. The average molecular weight is 383 g/mol. The Labute approximate surface area is 130 Å². The fourth-order valence-electron chi connectivity index (χ4n) is 1.99. The Hall–Kier alpha value is -1.51. The number of benzene rings is 2. The minimum absolute atomic E-state index is 0. The molecule has 0 amide bonds. The number of H-pyrrole nitrogens is 1. The normalized spacial score (nSPS) is 11.2. The van der Waals surface area contributed by atoms with Gasteiger partial charge in [-0.25, -0.2) is 0 Å². The van der Waals surface area contributed by atoms with Gasteiger partial charge in [0.1, 0.15) is 15.9 Å². The molecular weight excluding hydrogens is 374 g/mol. The van der Waals surface area contributed by atoms with Gasteiger partial charge >= 0.3 is 22.4 Å². The predicted molar refractivity (Wildman–Crippen MR) is 69.1 cm³/mol. The van der Waals surface area contributed by atoms with E-state index in [1.807, 2.05) is 6.07 Å². The molecule has 0 saturated carbocycles. The van der Waals surface area contributed by atoms with E-state index in [0.717, 1.165) is 0 Å². The van der Waals surface area contributed by atoms with Crippen LogP contribution in [0.25, 0.3) is 22.2 Å². The fraction of sp³-hybridized carbons (Fsp3) is 0. The summed E-state index contributed by atoms with van der Waals surface area (Å²) in [5.74, 6) is 0. The van der Waals surface area contributed by atoms with Crippen LogP contribution in [-0.2, 0) is 32.5 Å². The van der Waals surface area contributed by atoms with Crippen molar-refractivity contribution in [3.05, 3.63) is 42.5 Å². The van der Waals surface area contributed by atoms with E-state index in [2.05, 4.69) is 15.4 Å². The van der Waals surface area contributed by atoms with E-state index in [9.17, 15) is 13.0 Å². The summed E-state index contributed by atoms with van der Waals surface area (Å²) in [7, 11) is -4.40. The number of nitrogens with zero attached hydrogens (tertiary/aromatic N) is 2. The quantitative estimate of drug-likeness (QED) is 0.520. The zero-order valence-corrected chi connectivity index (χ0v) is 12.2. The van der Waals surface area contributed by atoms with Crippen molar-refractivity contribution in [2.24, 2.45) is 0 Å². The standard InChI is InChI=1S/C12H9N3O3S.Ag/c16-19(17,18)12-9(8-4-2-1-3-5-8)6-7-10-11(12)14-15-13-10;/h1-7H,(H,13,14,15)(H,16,17,18);/q;+1. The van der Waals surface area contributed by atoms with Crippen LogP contribution in [0.3, 0.4) is 0 Å². The van der Waals surface area contributed by atoms with Crippen molar-refractivity contribution in [2.45, 2.75) is 4.90 Å². The van der Waals surface area contributed by atoms with Crippen LogP contribution >= 0.6 is 0 Å². The molecular formula is C12H9AgN3O3S+. The molecule has 2 aromatic carbocycles. The monoisotopic (exact) mass is 382 g/mol. The van der Waals surface area contributed by atoms with Crippen LogP contribution in [0.5, 0.6) is 0 Å². The van der Waals surface area contributed by atoms with Gasteiger partial charge in [-0.2, -0.15) is 23.8 Å². The Morgan fingerprint density at radius 2 is 1.70 bits per heavy atom. The molecule has 0 atom stereocenters. The molecule has 3 aromatic rings. The number of rotatable bonds is 2. The zero-order valence-electron chi connectivity index (χ0n) is 9.91. The summed E-state index contributed by atoms with van der Waals surface area (Å²) in [6.07, 6.45) is 0. The molecule has 6 nitrogen and oxygen atoms in total. The summed E-state index contributed by atoms with van der Waals surface area (Å²) in [6, 6.07) is 12.2. The van der Waals surface area contributed by atoms with Gasteiger partial charge in [0.15, 0.2) is 0 Å². The first-order valence-corrected chi connectivity index (χ1v) is 6.88. The molecule has 1 aromatic heterocycles. The molecule has 0 bridgehead atoms. The molecule has 2 N–H and O–H groups in total. The number of fused-ring (bicyclic) bond motifs is 1. The molecule has 20 heavy (non-hydrogen) atoms. The van der Waals surface area contributed by atoms with E-state index in [0.29, 0.717) is 16.6 Å². The fourth-order valence-corrected chi connectivity index (χ4v) is 2.85. The molecule has 0 radical (unpaired) electrons. The van der Waals surface area contributed by atoms with E-state index >= 15 is 0 Å². The molecule has 0 unspecified atom stereocenters. The Morgan fingerprint density at radius 1 is 1.00 bits per heavy atom. The van der Waals surface area contributed by atoms with Gasteiger partial charge in [0.25, 0.3) is 10.1 Å². The zero-order chi connectivity index (χ0) is 13.5. The van der Waals surface area contributed by atoms with Crippen molar-refractivity contribution in [3.63, 3.8) is 0 Å². The third-order valence-electron chi connectivity index (χ3n) is 2.79. The second kappa shape index (κ2) is 5.47. The minimum Gasteiger partial charge on any atom is -0.282 e. The van der Waals surface area contributed by atoms with Crippen molar-refractivity contribution < 1.29 is 35.4 Å². The SMILES string of the molecule is O=S(=O)(O)c1c(-c2ccccc2)ccc2n[nH]nc12.[Ag+]. The van der Waals surface area contributed by atoms with Crippen LogP contribution in [0.15, 0.2) is 47.4 Å². The van der Waals surface area contributed by atoms with Crippen LogP contribution in [0.1, 0.15) is 0 Å². The maximum Gasteiger partial charge on any atom is 1.00 e. The summed E-state index contributed by atoms with van der Waals surface area (Å²) < 4.78 is 32.7. The first kappa shape index (κ1) is 14.9. The number of hydrogen-bond acceptors (Lipinski definition) is 4. The Kier molecular flexibility index (Phi) is 4.07. The second-order valence-corrected chi connectivity index (χ2v) is 5.33. The van der Waals surface area contributed by atoms with Crippen LogP contribution in [-0.4, -0.2) is 28.4 Å². The van der Waals surface area contributed by atoms with Gasteiger partial charge in [-0.3, -0.25) is 4.55 Å². The molecule has 1 heterocycles. The van der Waals surface area contributed by atoms with E-state index < -0.39 is 10.1 Å². The third-order valence-corrected chi connectivity index (χ3v) is 3.71. The van der Waals surface area contributed by atoms with Crippen LogP contribution in [0, 0.1) is 0 Å².